The smallest absolute Gasteiger partial charge is 0.261 e. The van der Waals surface area contributed by atoms with Gasteiger partial charge in [-0.2, -0.15) is 0 Å². The number of fused-ring (bicyclic) bond motifs is 1. The Bertz CT molecular complexity index is 979. The second kappa shape index (κ2) is 6.30. The number of amides is 1. The van der Waals surface area contributed by atoms with E-state index in [1.165, 1.54) is 5.56 Å². The molecule has 26 heavy (non-hydrogen) atoms. The topological polar surface area (TPSA) is 45.2 Å². The Labute approximate surface area is 153 Å². The van der Waals surface area contributed by atoms with Crippen LogP contribution >= 0.6 is 0 Å². The van der Waals surface area contributed by atoms with Crippen LogP contribution in [-0.4, -0.2) is 10.9 Å². The van der Waals surface area contributed by atoms with E-state index in [2.05, 4.69) is 42.3 Å². The third kappa shape index (κ3) is 2.73. The second-order valence-corrected chi connectivity index (χ2v) is 6.82. The predicted octanol–water partition coefficient (Wildman–Crippen LogP) is 4.78. The number of nitrogens with zero attached hydrogens (tertiary/aromatic N) is 2. The Morgan fingerprint density at radius 1 is 0.962 bits per heavy atom. The molecule has 0 saturated heterocycles. The SMILES string of the molecule is Cc1ccc(N2C(=O)c3ccccc3C2Nc2ccc(C)cc2C)nc1. The molecule has 2 aromatic carbocycles. The molecule has 0 bridgehead atoms. The zero-order chi connectivity index (χ0) is 18.3. The van der Waals surface area contributed by atoms with Gasteiger partial charge >= 0.3 is 0 Å². The van der Waals surface area contributed by atoms with Crippen LogP contribution in [0.4, 0.5) is 11.5 Å². The number of anilines is 2. The van der Waals surface area contributed by atoms with Crippen LogP contribution in [0.25, 0.3) is 0 Å². The number of hydrogen-bond donors (Lipinski definition) is 1. The summed E-state index contributed by atoms with van der Waals surface area (Å²) in [5.74, 6) is 0.623. The number of rotatable bonds is 3. The van der Waals surface area contributed by atoms with E-state index in [-0.39, 0.29) is 12.1 Å². The van der Waals surface area contributed by atoms with E-state index in [9.17, 15) is 4.79 Å². The van der Waals surface area contributed by atoms with Gasteiger partial charge in [-0.15, -0.1) is 0 Å². The zero-order valence-electron chi connectivity index (χ0n) is 15.2. The highest BCUT2D eigenvalue weighted by Crippen LogP contribution is 2.37. The molecule has 1 aliphatic rings. The molecule has 0 fully saturated rings. The second-order valence-electron chi connectivity index (χ2n) is 6.82. The van der Waals surface area contributed by atoms with E-state index in [1.807, 2.05) is 43.3 Å². The number of benzene rings is 2. The molecule has 3 aromatic rings. The van der Waals surface area contributed by atoms with Gasteiger partial charge in [0.25, 0.3) is 5.91 Å². The molecule has 0 radical (unpaired) electrons. The van der Waals surface area contributed by atoms with Crippen LogP contribution in [0.15, 0.2) is 60.8 Å². The number of carbonyl (C=O) groups excluding carboxylic acids is 1. The van der Waals surface area contributed by atoms with Crippen molar-refractivity contribution in [2.45, 2.75) is 26.9 Å². The van der Waals surface area contributed by atoms with Crippen molar-refractivity contribution in [1.82, 2.24) is 4.98 Å². The van der Waals surface area contributed by atoms with E-state index >= 15 is 0 Å². The normalized spacial score (nSPS) is 15.9. The maximum atomic E-state index is 13.1. The van der Waals surface area contributed by atoms with Crippen LogP contribution < -0.4 is 10.2 Å². The Hall–Kier alpha value is -3.14. The van der Waals surface area contributed by atoms with E-state index < -0.39 is 0 Å². The number of carbonyl (C=O) groups is 1. The Kier molecular flexibility index (Phi) is 3.96. The molecular weight excluding hydrogens is 322 g/mol. The van der Waals surface area contributed by atoms with Crippen LogP contribution in [0.3, 0.4) is 0 Å². The summed E-state index contributed by atoms with van der Waals surface area (Å²) in [6.45, 7) is 6.14. The third-order valence-corrected chi connectivity index (χ3v) is 4.78. The average Bonchev–Trinajstić information content (AvgIpc) is 2.91. The van der Waals surface area contributed by atoms with Gasteiger partial charge in [0, 0.05) is 23.0 Å². The minimum absolute atomic E-state index is 0.0285. The van der Waals surface area contributed by atoms with Gasteiger partial charge in [0.1, 0.15) is 12.0 Å². The Balaban J connectivity index is 1.79. The van der Waals surface area contributed by atoms with E-state index in [0.29, 0.717) is 5.82 Å². The molecular formula is C22H21N3O. The van der Waals surface area contributed by atoms with Crippen molar-refractivity contribution in [3.05, 3.63) is 88.6 Å². The molecule has 0 saturated carbocycles. The fraction of sp³-hybridized carbons (Fsp3) is 0.182. The molecule has 0 spiro atoms. The first-order chi connectivity index (χ1) is 12.5. The van der Waals surface area contributed by atoms with E-state index in [0.717, 1.165) is 27.9 Å². The van der Waals surface area contributed by atoms with Gasteiger partial charge in [0.15, 0.2) is 0 Å². The molecule has 4 nitrogen and oxygen atoms in total. The molecule has 1 unspecified atom stereocenters. The molecule has 1 aliphatic heterocycles. The van der Waals surface area contributed by atoms with Gasteiger partial charge in [-0.3, -0.25) is 9.69 Å². The summed E-state index contributed by atoms with van der Waals surface area (Å²) < 4.78 is 0. The van der Waals surface area contributed by atoms with Crippen LogP contribution in [0.1, 0.15) is 38.8 Å². The van der Waals surface area contributed by atoms with Gasteiger partial charge in [0.2, 0.25) is 0 Å². The van der Waals surface area contributed by atoms with Crippen LogP contribution in [0.5, 0.6) is 0 Å². The van der Waals surface area contributed by atoms with Gasteiger partial charge in [-0.1, -0.05) is 42.0 Å². The standard InChI is InChI=1S/C22H21N3O/c1-14-8-10-19(16(3)12-14)24-21-17-6-4-5-7-18(17)22(26)25(21)20-11-9-15(2)13-23-20/h4-13,21,24H,1-3H3. The molecule has 4 heteroatoms. The first-order valence-corrected chi connectivity index (χ1v) is 8.73. The predicted molar refractivity (Wildman–Crippen MR) is 105 cm³/mol. The number of aryl methyl sites for hydroxylation is 3. The number of nitrogens with one attached hydrogen (secondary N) is 1. The maximum absolute atomic E-state index is 13.1. The third-order valence-electron chi connectivity index (χ3n) is 4.78. The lowest BCUT2D eigenvalue weighted by atomic mass is 10.1. The van der Waals surface area contributed by atoms with Gasteiger partial charge < -0.3 is 5.32 Å². The molecule has 2 heterocycles. The van der Waals surface area contributed by atoms with E-state index in [4.69, 9.17) is 0 Å². The number of hydrogen-bond acceptors (Lipinski definition) is 3. The summed E-state index contributed by atoms with van der Waals surface area (Å²) in [6, 6.07) is 17.9. The summed E-state index contributed by atoms with van der Waals surface area (Å²) in [6.07, 6.45) is 1.51. The van der Waals surface area contributed by atoms with Crippen molar-refractivity contribution in [2.24, 2.45) is 0 Å². The van der Waals surface area contributed by atoms with Gasteiger partial charge in [-0.25, -0.2) is 4.98 Å². The summed E-state index contributed by atoms with van der Waals surface area (Å²) in [5, 5.41) is 3.55. The van der Waals surface area contributed by atoms with E-state index in [1.54, 1.807) is 11.1 Å². The van der Waals surface area contributed by atoms with Crippen molar-refractivity contribution in [3.8, 4) is 0 Å². The largest absolute Gasteiger partial charge is 0.361 e. The molecule has 0 aliphatic carbocycles. The van der Waals surface area contributed by atoms with Gasteiger partial charge in [0.05, 0.1) is 0 Å². The van der Waals surface area contributed by atoms with Crippen LogP contribution in [-0.2, 0) is 0 Å². The lowest BCUT2D eigenvalue weighted by molar-refractivity contribution is 0.0992. The fourth-order valence-corrected chi connectivity index (χ4v) is 3.42. The number of pyridine rings is 1. The molecule has 1 atom stereocenters. The highest BCUT2D eigenvalue weighted by Gasteiger charge is 2.38. The Morgan fingerprint density at radius 2 is 1.73 bits per heavy atom. The number of aromatic nitrogens is 1. The van der Waals surface area contributed by atoms with Crippen LogP contribution in [0.2, 0.25) is 0 Å². The molecule has 1 amide bonds. The highest BCUT2D eigenvalue weighted by atomic mass is 16.2. The monoisotopic (exact) mass is 343 g/mol. The van der Waals surface area contributed by atoms with Crippen molar-refractivity contribution in [2.75, 3.05) is 10.2 Å². The molecule has 1 aromatic heterocycles. The van der Waals surface area contributed by atoms with Crippen molar-refractivity contribution >= 4 is 17.4 Å². The lowest BCUT2D eigenvalue weighted by Gasteiger charge is -2.27. The molecule has 4 rings (SSSR count). The van der Waals surface area contributed by atoms with Crippen molar-refractivity contribution in [3.63, 3.8) is 0 Å². The summed E-state index contributed by atoms with van der Waals surface area (Å²) >= 11 is 0. The Morgan fingerprint density at radius 3 is 2.46 bits per heavy atom. The lowest BCUT2D eigenvalue weighted by Crippen LogP contribution is -2.33. The van der Waals surface area contributed by atoms with Crippen LogP contribution in [0, 0.1) is 20.8 Å². The van der Waals surface area contributed by atoms with Gasteiger partial charge in [-0.05, 0) is 50.1 Å². The average molecular weight is 343 g/mol. The first kappa shape index (κ1) is 16.3. The quantitative estimate of drug-likeness (QED) is 0.744. The zero-order valence-corrected chi connectivity index (χ0v) is 15.2. The minimum Gasteiger partial charge on any atom is -0.361 e. The fourth-order valence-electron chi connectivity index (χ4n) is 3.42. The summed E-state index contributed by atoms with van der Waals surface area (Å²) in [4.78, 5) is 19.3. The molecule has 130 valence electrons. The molecule has 1 N–H and O–H groups in total. The van der Waals surface area contributed by atoms with Crippen molar-refractivity contribution in [1.29, 1.82) is 0 Å². The van der Waals surface area contributed by atoms with Crippen molar-refractivity contribution < 1.29 is 4.79 Å². The maximum Gasteiger partial charge on any atom is 0.261 e. The first-order valence-electron chi connectivity index (χ1n) is 8.73. The minimum atomic E-state index is -0.282. The highest BCUT2D eigenvalue weighted by molar-refractivity contribution is 6.11. The summed E-state index contributed by atoms with van der Waals surface area (Å²) in [7, 11) is 0. The summed E-state index contributed by atoms with van der Waals surface area (Å²) in [5.41, 5.74) is 6.14.